The first-order chi connectivity index (χ1) is 8.93. The minimum Gasteiger partial charge on any atom is -0.304 e. The first-order valence-corrected chi connectivity index (χ1v) is 6.64. The van der Waals surface area contributed by atoms with Crippen LogP contribution in [-0.4, -0.2) is 10.4 Å². The van der Waals surface area contributed by atoms with Gasteiger partial charge >= 0.3 is 0 Å². The van der Waals surface area contributed by atoms with Crippen molar-refractivity contribution < 1.29 is 4.79 Å². The van der Waals surface area contributed by atoms with Crippen molar-refractivity contribution >= 4 is 18.0 Å². The molecular formula is C16H17NOS. The lowest BCUT2D eigenvalue weighted by Crippen LogP contribution is -2.10. The summed E-state index contributed by atoms with van der Waals surface area (Å²) in [5, 5.41) is 0. The molecule has 0 saturated heterocycles. The molecule has 98 valence electrons. The van der Waals surface area contributed by atoms with Crippen LogP contribution in [0.4, 0.5) is 0 Å². The van der Waals surface area contributed by atoms with Crippen LogP contribution in [-0.2, 0) is 0 Å². The van der Waals surface area contributed by atoms with E-state index in [1.165, 1.54) is 0 Å². The fourth-order valence-electron chi connectivity index (χ4n) is 2.43. The maximum Gasteiger partial charge on any atom is 0.163 e. The smallest absolute Gasteiger partial charge is 0.163 e. The summed E-state index contributed by atoms with van der Waals surface area (Å²) in [6.45, 7) is 7.56. The lowest BCUT2D eigenvalue weighted by atomic mass is 10.1. The zero-order valence-electron chi connectivity index (χ0n) is 11.7. The molecule has 0 saturated carbocycles. The van der Waals surface area contributed by atoms with Crippen LogP contribution in [0.1, 0.15) is 34.1 Å². The number of aromatic nitrogens is 1. The molecule has 0 aliphatic heterocycles. The number of ketones is 1. The van der Waals surface area contributed by atoms with E-state index >= 15 is 0 Å². The number of rotatable bonds is 2. The maximum absolute atomic E-state index is 11.8. The lowest BCUT2D eigenvalue weighted by Gasteiger charge is -2.17. The van der Waals surface area contributed by atoms with Gasteiger partial charge in [0.1, 0.15) is 4.64 Å². The van der Waals surface area contributed by atoms with E-state index in [0.717, 1.165) is 22.5 Å². The molecule has 2 nitrogen and oxygen atoms in total. The van der Waals surface area contributed by atoms with Crippen molar-refractivity contribution in [2.24, 2.45) is 0 Å². The molecule has 1 heterocycles. The van der Waals surface area contributed by atoms with Gasteiger partial charge in [0.2, 0.25) is 0 Å². The molecule has 0 fully saturated rings. The zero-order chi connectivity index (χ0) is 14.2. The molecule has 0 N–H and O–H groups in total. The maximum atomic E-state index is 11.8. The molecule has 1 aromatic carbocycles. The Morgan fingerprint density at radius 1 is 1.11 bits per heavy atom. The molecule has 19 heavy (non-hydrogen) atoms. The van der Waals surface area contributed by atoms with Gasteiger partial charge in [-0.2, -0.15) is 0 Å². The Morgan fingerprint density at radius 3 is 2.32 bits per heavy atom. The third-order valence-electron chi connectivity index (χ3n) is 3.30. The zero-order valence-corrected chi connectivity index (χ0v) is 12.5. The van der Waals surface area contributed by atoms with Gasteiger partial charge in [-0.15, -0.1) is 0 Å². The van der Waals surface area contributed by atoms with Gasteiger partial charge in [-0.3, -0.25) is 4.79 Å². The first-order valence-electron chi connectivity index (χ1n) is 6.23. The van der Waals surface area contributed by atoms with E-state index in [2.05, 4.69) is 0 Å². The van der Waals surface area contributed by atoms with Crippen molar-refractivity contribution in [3.05, 3.63) is 57.4 Å². The number of pyridine rings is 1. The highest BCUT2D eigenvalue weighted by molar-refractivity contribution is 7.71. The van der Waals surface area contributed by atoms with E-state index in [-0.39, 0.29) is 5.78 Å². The summed E-state index contributed by atoms with van der Waals surface area (Å²) in [6.07, 6.45) is 0. The fourth-order valence-corrected chi connectivity index (χ4v) is 2.98. The molecule has 0 atom stereocenters. The average molecular weight is 271 g/mol. The second-order valence-corrected chi connectivity index (χ2v) is 5.21. The monoisotopic (exact) mass is 271 g/mol. The summed E-state index contributed by atoms with van der Waals surface area (Å²) >= 11 is 5.53. The molecule has 3 heteroatoms. The van der Waals surface area contributed by atoms with Crippen molar-refractivity contribution in [3.8, 4) is 5.69 Å². The Hall–Kier alpha value is -1.74. The number of carbonyl (C=O) groups is 1. The summed E-state index contributed by atoms with van der Waals surface area (Å²) in [7, 11) is 0. The van der Waals surface area contributed by atoms with Gasteiger partial charge < -0.3 is 4.57 Å². The minimum absolute atomic E-state index is 0.0184. The van der Waals surface area contributed by atoms with Gasteiger partial charge in [0, 0.05) is 11.4 Å². The van der Waals surface area contributed by atoms with Crippen LogP contribution in [0, 0.1) is 25.4 Å². The number of nitrogens with zero attached hydrogens (tertiary/aromatic N) is 1. The molecule has 2 rings (SSSR count). The summed E-state index contributed by atoms with van der Waals surface area (Å²) in [5.74, 6) is 0.0184. The number of para-hydroxylation sites is 1. The van der Waals surface area contributed by atoms with Crippen molar-refractivity contribution in [2.75, 3.05) is 0 Å². The number of aryl methyl sites for hydroxylation is 3. The van der Waals surface area contributed by atoms with Crippen molar-refractivity contribution in [3.63, 3.8) is 0 Å². The summed E-state index contributed by atoms with van der Waals surface area (Å²) < 4.78 is 2.58. The van der Waals surface area contributed by atoms with Crippen LogP contribution in [0.15, 0.2) is 30.3 Å². The molecular weight excluding hydrogens is 254 g/mol. The van der Waals surface area contributed by atoms with E-state index in [1.54, 1.807) is 6.92 Å². The Kier molecular flexibility index (Phi) is 3.67. The normalized spacial score (nSPS) is 10.5. The number of carbonyl (C=O) groups excluding carboxylic acids is 1. The van der Waals surface area contributed by atoms with E-state index in [1.807, 2.05) is 55.7 Å². The number of hydrogen-bond donors (Lipinski definition) is 0. The van der Waals surface area contributed by atoms with Crippen LogP contribution in [0.2, 0.25) is 0 Å². The SMILES string of the molecule is CC(=O)c1c(C)cc(C)n(-c2ccccc2C)c1=S. The molecule has 0 spiro atoms. The molecule has 0 aliphatic carbocycles. The van der Waals surface area contributed by atoms with Crippen LogP contribution in [0.3, 0.4) is 0 Å². The molecule has 2 aromatic rings. The van der Waals surface area contributed by atoms with Gasteiger partial charge in [-0.05, 0) is 51.0 Å². The summed E-state index contributed by atoms with van der Waals surface area (Å²) in [6, 6.07) is 10.1. The van der Waals surface area contributed by atoms with Crippen molar-refractivity contribution in [1.29, 1.82) is 0 Å². The van der Waals surface area contributed by atoms with Crippen molar-refractivity contribution in [2.45, 2.75) is 27.7 Å². The van der Waals surface area contributed by atoms with Crippen LogP contribution in [0.5, 0.6) is 0 Å². The highest BCUT2D eigenvalue weighted by Crippen LogP contribution is 2.21. The van der Waals surface area contributed by atoms with Crippen LogP contribution in [0.25, 0.3) is 5.69 Å². The molecule has 1 aromatic heterocycles. The van der Waals surface area contributed by atoms with E-state index in [0.29, 0.717) is 10.2 Å². The Labute approximate surface area is 118 Å². The number of Topliss-reactive ketones (excluding diaryl/α,β-unsaturated/α-hetero) is 1. The molecule has 0 bridgehead atoms. The van der Waals surface area contributed by atoms with E-state index < -0.39 is 0 Å². The Morgan fingerprint density at radius 2 is 1.74 bits per heavy atom. The van der Waals surface area contributed by atoms with Crippen LogP contribution >= 0.6 is 12.2 Å². The highest BCUT2D eigenvalue weighted by Gasteiger charge is 2.13. The van der Waals surface area contributed by atoms with Gasteiger partial charge in [-0.25, -0.2) is 0 Å². The van der Waals surface area contributed by atoms with E-state index in [4.69, 9.17) is 12.2 Å². The average Bonchev–Trinajstić information content (AvgIpc) is 2.30. The lowest BCUT2D eigenvalue weighted by molar-refractivity contribution is 0.101. The molecule has 0 aliphatic rings. The molecule has 0 unspecified atom stereocenters. The third-order valence-corrected chi connectivity index (χ3v) is 3.68. The summed E-state index contributed by atoms with van der Waals surface area (Å²) in [5.41, 5.74) is 4.80. The second-order valence-electron chi connectivity index (χ2n) is 4.83. The largest absolute Gasteiger partial charge is 0.304 e. The Bertz CT molecular complexity index is 713. The predicted octanol–water partition coefficient (Wildman–Crippen LogP) is 4.33. The second kappa shape index (κ2) is 5.10. The van der Waals surface area contributed by atoms with Crippen LogP contribution < -0.4 is 0 Å². The van der Waals surface area contributed by atoms with Crippen molar-refractivity contribution in [1.82, 2.24) is 4.57 Å². The topological polar surface area (TPSA) is 22.0 Å². The van der Waals surface area contributed by atoms with Gasteiger partial charge in [0.25, 0.3) is 0 Å². The highest BCUT2D eigenvalue weighted by atomic mass is 32.1. The number of benzene rings is 1. The fraction of sp³-hybridized carbons (Fsp3) is 0.250. The first kappa shape index (κ1) is 13.7. The van der Waals surface area contributed by atoms with E-state index in [9.17, 15) is 4.79 Å². The minimum atomic E-state index is 0.0184. The standard InChI is InChI=1S/C16H17NOS/c1-10-7-5-6-8-14(10)17-12(3)9-11(2)15(13(4)18)16(17)19/h5-9H,1-4H3. The van der Waals surface area contributed by atoms with Gasteiger partial charge in [0.15, 0.2) is 5.78 Å². The van der Waals surface area contributed by atoms with Gasteiger partial charge in [-0.1, -0.05) is 30.4 Å². The summed E-state index contributed by atoms with van der Waals surface area (Å²) in [4.78, 5) is 11.8. The Balaban J connectivity index is 2.86. The van der Waals surface area contributed by atoms with Gasteiger partial charge in [0.05, 0.1) is 5.56 Å². The molecule has 0 radical (unpaired) electrons. The predicted molar refractivity (Wildman–Crippen MR) is 80.8 cm³/mol. The number of hydrogen-bond acceptors (Lipinski definition) is 2. The quantitative estimate of drug-likeness (QED) is 0.599. The molecule has 0 amide bonds. The third kappa shape index (κ3) is 2.38.